The number of benzene rings is 1. The lowest BCUT2D eigenvalue weighted by Crippen LogP contribution is -1.96. The number of nitro groups is 1. The van der Waals surface area contributed by atoms with Gasteiger partial charge in [-0.15, -0.1) is 22.7 Å². The molecule has 28 heavy (non-hydrogen) atoms. The number of hydrogen-bond acceptors (Lipinski definition) is 7. The van der Waals surface area contributed by atoms with E-state index in [1.165, 1.54) is 40.9 Å². The number of aromatic nitrogens is 2. The summed E-state index contributed by atoms with van der Waals surface area (Å²) in [7, 11) is 0. The molecule has 0 amide bonds. The van der Waals surface area contributed by atoms with Gasteiger partial charge in [0.05, 0.1) is 33.4 Å². The van der Waals surface area contributed by atoms with E-state index in [-0.39, 0.29) is 17.0 Å². The Morgan fingerprint density at radius 2 is 2.14 bits per heavy atom. The number of rotatable bonds is 6. The van der Waals surface area contributed by atoms with Gasteiger partial charge in [-0.25, -0.2) is 4.98 Å². The molecule has 0 fully saturated rings. The highest BCUT2D eigenvalue weighted by molar-refractivity contribution is 7.15. The molecule has 0 saturated heterocycles. The van der Waals surface area contributed by atoms with E-state index in [1.807, 2.05) is 27.4 Å². The van der Waals surface area contributed by atoms with Crippen molar-refractivity contribution in [1.29, 1.82) is 0 Å². The molecule has 0 aliphatic carbocycles. The summed E-state index contributed by atoms with van der Waals surface area (Å²) in [6, 6.07) is 8.17. The van der Waals surface area contributed by atoms with Gasteiger partial charge in [0.25, 0.3) is 5.69 Å². The van der Waals surface area contributed by atoms with E-state index >= 15 is 0 Å². The van der Waals surface area contributed by atoms with Crippen molar-refractivity contribution in [2.45, 2.75) is 6.61 Å². The van der Waals surface area contributed by atoms with Crippen molar-refractivity contribution in [3.8, 4) is 11.3 Å². The average Bonchev–Trinajstić information content (AvgIpc) is 3.43. The van der Waals surface area contributed by atoms with E-state index in [1.54, 1.807) is 18.2 Å². The number of carbonyl (C=O) groups is 1. The highest BCUT2D eigenvalue weighted by Crippen LogP contribution is 2.31. The Hall–Kier alpha value is -3.14. The van der Waals surface area contributed by atoms with Gasteiger partial charge in [-0.05, 0) is 29.7 Å². The van der Waals surface area contributed by atoms with Crippen molar-refractivity contribution in [3.05, 3.63) is 79.6 Å². The Kier molecular flexibility index (Phi) is 4.86. The molecule has 0 aliphatic rings. The van der Waals surface area contributed by atoms with Gasteiger partial charge in [0.15, 0.2) is 10.7 Å². The summed E-state index contributed by atoms with van der Waals surface area (Å²) >= 11 is 2.79. The van der Waals surface area contributed by atoms with E-state index in [9.17, 15) is 20.0 Å². The molecule has 1 N–H and O–H groups in total. The van der Waals surface area contributed by atoms with Crippen LogP contribution < -0.4 is 0 Å². The van der Waals surface area contributed by atoms with E-state index in [0.717, 1.165) is 0 Å². The molecule has 0 atom stereocenters. The number of carbonyl (C=O) groups excluding carboxylic acids is 1. The molecule has 0 unspecified atom stereocenters. The van der Waals surface area contributed by atoms with Crippen LogP contribution in [0.4, 0.5) is 5.69 Å². The molecule has 0 spiro atoms. The number of nitrogens with zero attached hydrogens (tertiary/aromatic N) is 3. The standard InChI is InChI=1S/C19H13N3O4S2/c23-11-13-4-3-12(10-15(13)22(25)26)18-14(21-7-9-28-19(21)20-18)5-6-16(24)17-2-1-8-27-17/h1-10,23H,11H2. The molecule has 140 valence electrons. The van der Waals surface area contributed by atoms with E-state index < -0.39 is 11.5 Å². The zero-order chi connectivity index (χ0) is 19.7. The van der Waals surface area contributed by atoms with Gasteiger partial charge in [0.2, 0.25) is 0 Å². The van der Waals surface area contributed by atoms with Crippen LogP contribution in [0, 0.1) is 10.1 Å². The first kappa shape index (κ1) is 18.2. The fraction of sp³-hybridized carbons (Fsp3) is 0.0526. The van der Waals surface area contributed by atoms with Crippen LogP contribution in [0.15, 0.2) is 53.4 Å². The summed E-state index contributed by atoms with van der Waals surface area (Å²) in [5.74, 6) is -0.118. The van der Waals surface area contributed by atoms with E-state index in [0.29, 0.717) is 26.8 Å². The Morgan fingerprint density at radius 1 is 1.29 bits per heavy atom. The van der Waals surface area contributed by atoms with E-state index in [4.69, 9.17) is 0 Å². The van der Waals surface area contributed by atoms with Gasteiger partial charge in [-0.1, -0.05) is 12.1 Å². The Bertz CT molecular complexity index is 1210. The number of nitro benzene ring substituents is 1. The predicted octanol–water partition coefficient (Wildman–Crippen LogP) is 4.42. The van der Waals surface area contributed by atoms with Crippen LogP contribution in [0.3, 0.4) is 0 Å². The topological polar surface area (TPSA) is 97.7 Å². The second-order valence-corrected chi connectivity index (χ2v) is 7.66. The summed E-state index contributed by atoms with van der Waals surface area (Å²) in [5.41, 5.74) is 1.81. The molecule has 0 bridgehead atoms. The Morgan fingerprint density at radius 3 is 2.86 bits per heavy atom. The number of thiazole rings is 1. The van der Waals surface area contributed by atoms with Crippen LogP contribution in [0.2, 0.25) is 0 Å². The fourth-order valence-electron chi connectivity index (χ4n) is 2.85. The lowest BCUT2D eigenvalue weighted by atomic mass is 10.1. The average molecular weight is 411 g/mol. The maximum absolute atomic E-state index is 12.3. The first-order valence-corrected chi connectivity index (χ1v) is 9.94. The second-order valence-electron chi connectivity index (χ2n) is 5.83. The molecule has 1 aromatic carbocycles. The Labute approximate surface area is 167 Å². The van der Waals surface area contributed by atoms with Crippen LogP contribution in [-0.2, 0) is 6.61 Å². The van der Waals surface area contributed by atoms with Crippen LogP contribution in [0.25, 0.3) is 22.3 Å². The second kappa shape index (κ2) is 7.47. The summed E-state index contributed by atoms with van der Waals surface area (Å²) in [6.45, 7) is -0.420. The predicted molar refractivity (Wildman–Crippen MR) is 109 cm³/mol. The number of imidazole rings is 1. The number of thiophene rings is 1. The third-order valence-electron chi connectivity index (χ3n) is 4.18. The number of hydrogen-bond donors (Lipinski definition) is 1. The molecule has 0 aliphatic heterocycles. The van der Waals surface area contributed by atoms with Crippen molar-refractivity contribution < 1.29 is 14.8 Å². The molecule has 4 aromatic rings. The molecular weight excluding hydrogens is 398 g/mol. The molecule has 3 heterocycles. The van der Waals surface area contributed by atoms with Crippen molar-refractivity contribution in [2.75, 3.05) is 0 Å². The summed E-state index contributed by atoms with van der Waals surface area (Å²) in [6.07, 6.45) is 4.99. The quantitative estimate of drug-likeness (QED) is 0.219. The molecule has 9 heteroatoms. The molecule has 4 rings (SSSR count). The first-order valence-electron chi connectivity index (χ1n) is 8.18. The van der Waals surface area contributed by atoms with Crippen LogP contribution in [0.5, 0.6) is 0 Å². The zero-order valence-corrected chi connectivity index (χ0v) is 15.9. The minimum absolute atomic E-state index is 0.118. The third-order valence-corrected chi connectivity index (χ3v) is 5.82. The van der Waals surface area contributed by atoms with Crippen molar-refractivity contribution in [3.63, 3.8) is 0 Å². The minimum atomic E-state index is -0.524. The maximum atomic E-state index is 12.3. The van der Waals surface area contributed by atoms with Crippen LogP contribution in [0.1, 0.15) is 20.9 Å². The molecule has 0 saturated carbocycles. The van der Waals surface area contributed by atoms with Crippen molar-refractivity contribution >= 4 is 45.2 Å². The summed E-state index contributed by atoms with van der Waals surface area (Å²) in [5, 5.41) is 24.4. The van der Waals surface area contributed by atoms with Gasteiger partial charge in [0, 0.05) is 23.2 Å². The fourth-order valence-corrected chi connectivity index (χ4v) is 4.21. The maximum Gasteiger partial charge on any atom is 0.275 e. The van der Waals surface area contributed by atoms with Gasteiger partial charge in [-0.2, -0.15) is 0 Å². The first-order chi connectivity index (χ1) is 13.6. The lowest BCUT2D eigenvalue weighted by molar-refractivity contribution is -0.385. The smallest absolute Gasteiger partial charge is 0.275 e. The van der Waals surface area contributed by atoms with Gasteiger partial charge < -0.3 is 5.11 Å². The summed E-state index contributed by atoms with van der Waals surface area (Å²) < 4.78 is 1.84. The molecule has 3 aromatic heterocycles. The number of aliphatic hydroxyl groups is 1. The van der Waals surface area contributed by atoms with Gasteiger partial charge >= 0.3 is 0 Å². The van der Waals surface area contributed by atoms with Crippen molar-refractivity contribution in [2.24, 2.45) is 0 Å². The molecule has 7 nitrogen and oxygen atoms in total. The number of allylic oxidation sites excluding steroid dienone is 1. The normalized spacial score (nSPS) is 11.5. The highest BCUT2D eigenvalue weighted by atomic mass is 32.1. The monoisotopic (exact) mass is 411 g/mol. The minimum Gasteiger partial charge on any atom is -0.391 e. The number of ketones is 1. The SMILES string of the molecule is O=C(C=Cc1c(-c2ccc(CO)c([N+](=O)[O-])c2)nc2sccn12)c1cccs1. The zero-order valence-electron chi connectivity index (χ0n) is 14.3. The lowest BCUT2D eigenvalue weighted by Gasteiger charge is -2.04. The van der Waals surface area contributed by atoms with Crippen molar-refractivity contribution in [1.82, 2.24) is 9.38 Å². The van der Waals surface area contributed by atoms with Gasteiger partial charge in [0.1, 0.15) is 0 Å². The highest BCUT2D eigenvalue weighted by Gasteiger charge is 2.19. The summed E-state index contributed by atoms with van der Waals surface area (Å²) in [4.78, 5) is 29.1. The Balaban J connectivity index is 1.81. The molecule has 0 radical (unpaired) electrons. The number of aliphatic hydroxyl groups excluding tert-OH is 1. The van der Waals surface area contributed by atoms with Crippen LogP contribution in [-0.4, -0.2) is 25.2 Å². The molecular formula is C19H13N3O4S2. The third kappa shape index (κ3) is 3.26. The van der Waals surface area contributed by atoms with Gasteiger partial charge in [-0.3, -0.25) is 19.3 Å². The van der Waals surface area contributed by atoms with Crippen LogP contribution >= 0.6 is 22.7 Å². The number of fused-ring (bicyclic) bond motifs is 1. The largest absolute Gasteiger partial charge is 0.391 e. The van der Waals surface area contributed by atoms with E-state index in [2.05, 4.69) is 4.98 Å².